The summed E-state index contributed by atoms with van der Waals surface area (Å²) in [6.45, 7) is 2.25. The number of imidazole rings is 1. The van der Waals surface area contributed by atoms with E-state index in [0.717, 1.165) is 39.1 Å². The van der Waals surface area contributed by atoms with Crippen molar-refractivity contribution in [3.05, 3.63) is 94.6 Å². The van der Waals surface area contributed by atoms with Crippen LogP contribution in [0.3, 0.4) is 0 Å². The van der Waals surface area contributed by atoms with Crippen molar-refractivity contribution in [2.75, 3.05) is 0 Å². The van der Waals surface area contributed by atoms with Crippen LogP contribution < -0.4 is 0 Å². The lowest BCUT2D eigenvalue weighted by molar-refractivity contribution is -0.148. The van der Waals surface area contributed by atoms with Crippen molar-refractivity contribution >= 4 is 22.5 Å². The fourth-order valence-electron chi connectivity index (χ4n) is 6.20. The molecule has 4 aromatic rings. The van der Waals surface area contributed by atoms with Gasteiger partial charge in [-0.05, 0) is 68.0 Å². The van der Waals surface area contributed by atoms with Gasteiger partial charge in [0.15, 0.2) is 5.78 Å². The van der Waals surface area contributed by atoms with Gasteiger partial charge in [0.1, 0.15) is 0 Å². The third-order valence-electron chi connectivity index (χ3n) is 8.02. The fourth-order valence-corrected chi connectivity index (χ4v) is 6.20. The Balaban J connectivity index is 1.20. The van der Waals surface area contributed by atoms with E-state index in [4.69, 9.17) is 0 Å². The van der Waals surface area contributed by atoms with Gasteiger partial charge >= 0.3 is 6.18 Å². The number of aliphatic hydroxyl groups is 1. The molecule has 206 valence electrons. The predicted octanol–water partition coefficient (Wildman–Crippen LogP) is 6.30. The van der Waals surface area contributed by atoms with Crippen LogP contribution in [0.15, 0.2) is 65.8 Å². The van der Waals surface area contributed by atoms with Gasteiger partial charge < -0.3 is 9.67 Å². The molecule has 40 heavy (non-hydrogen) atoms. The van der Waals surface area contributed by atoms with Crippen LogP contribution in [0, 0.1) is 12.8 Å². The predicted molar refractivity (Wildman–Crippen MR) is 145 cm³/mol. The molecule has 2 aliphatic rings. The van der Waals surface area contributed by atoms with Gasteiger partial charge in [-0.2, -0.15) is 13.2 Å². The first kappa shape index (κ1) is 26.4. The number of aromatic nitrogens is 3. The Morgan fingerprint density at radius 1 is 1.15 bits per heavy atom. The molecular formula is C31H29F3N4O2. The summed E-state index contributed by atoms with van der Waals surface area (Å²) < 4.78 is 42.6. The number of carbonyl (C=O) groups is 1. The molecule has 0 amide bonds. The molecule has 0 radical (unpaired) electrons. The van der Waals surface area contributed by atoms with Gasteiger partial charge in [0.05, 0.1) is 35.4 Å². The molecule has 0 bridgehead atoms. The first-order valence-corrected chi connectivity index (χ1v) is 13.5. The number of hydrogen-bond acceptors (Lipinski definition) is 5. The molecule has 1 fully saturated rings. The number of halogens is 3. The molecule has 1 aliphatic heterocycles. The summed E-state index contributed by atoms with van der Waals surface area (Å²) in [6.07, 6.45) is -0.705. The van der Waals surface area contributed by atoms with Crippen LogP contribution in [-0.2, 0) is 19.3 Å². The van der Waals surface area contributed by atoms with E-state index in [1.54, 1.807) is 24.4 Å². The van der Waals surface area contributed by atoms with Crippen molar-refractivity contribution in [3.63, 3.8) is 0 Å². The number of pyridine rings is 1. The molecule has 6 nitrogen and oxygen atoms in total. The number of ketones is 1. The number of rotatable bonds is 6. The summed E-state index contributed by atoms with van der Waals surface area (Å²) in [5.41, 5.74) is 4.45. The quantitative estimate of drug-likeness (QED) is 0.288. The van der Waals surface area contributed by atoms with Crippen molar-refractivity contribution in [3.8, 4) is 0 Å². The van der Waals surface area contributed by atoms with Crippen molar-refractivity contribution in [2.24, 2.45) is 10.9 Å². The smallest absolute Gasteiger partial charge is 0.388 e. The zero-order valence-electron chi connectivity index (χ0n) is 22.1. The Hall–Kier alpha value is -3.85. The molecular weight excluding hydrogens is 517 g/mol. The standard InChI is InChI=1S/C31H29F3N4O2/c1-19-13-22(10-12-35-19)28-24-15-21(8-9-23(24)17-36-28)27(39)14-20-5-4-11-30(40,16-20)18-38-26-7-3-2-6-25(26)37-29(38)31(32,33)34/h2-3,6-10,12-13,15,20,40H,4-5,11,14,16-18H2,1H3/t20-,30+/m0/s1. The molecule has 1 aliphatic carbocycles. The summed E-state index contributed by atoms with van der Waals surface area (Å²) in [6, 6.07) is 16.0. The molecule has 2 atom stereocenters. The number of aliphatic imine (C=N–C) groups is 1. The number of carbonyl (C=O) groups excluding carboxylic acids is 1. The van der Waals surface area contributed by atoms with Crippen molar-refractivity contribution in [1.29, 1.82) is 0 Å². The topological polar surface area (TPSA) is 80.4 Å². The largest absolute Gasteiger partial charge is 0.449 e. The molecule has 9 heteroatoms. The highest BCUT2D eigenvalue weighted by atomic mass is 19.4. The minimum absolute atomic E-state index is 0.0433. The first-order valence-electron chi connectivity index (χ1n) is 13.5. The third kappa shape index (κ3) is 5.06. The van der Waals surface area contributed by atoms with Gasteiger partial charge in [-0.25, -0.2) is 4.98 Å². The van der Waals surface area contributed by atoms with E-state index >= 15 is 0 Å². The van der Waals surface area contributed by atoms with Gasteiger partial charge in [-0.15, -0.1) is 0 Å². The van der Waals surface area contributed by atoms with Gasteiger partial charge in [0, 0.05) is 35.0 Å². The number of benzene rings is 2. The monoisotopic (exact) mass is 546 g/mol. The highest BCUT2D eigenvalue weighted by Gasteiger charge is 2.42. The maximum Gasteiger partial charge on any atom is 0.449 e. The first-order chi connectivity index (χ1) is 19.1. The minimum Gasteiger partial charge on any atom is -0.388 e. The van der Waals surface area contributed by atoms with Crippen LogP contribution in [-0.4, -0.2) is 36.7 Å². The molecule has 0 unspecified atom stereocenters. The van der Waals surface area contributed by atoms with Gasteiger partial charge in [0.25, 0.3) is 0 Å². The van der Waals surface area contributed by atoms with Crippen LogP contribution in [0.5, 0.6) is 0 Å². The maximum absolute atomic E-state index is 13.8. The maximum atomic E-state index is 13.8. The molecule has 1 N–H and O–H groups in total. The summed E-state index contributed by atoms with van der Waals surface area (Å²) >= 11 is 0. The highest BCUT2D eigenvalue weighted by Crippen LogP contribution is 2.39. The van der Waals surface area contributed by atoms with Crippen LogP contribution in [0.25, 0.3) is 11.0 Å². The second-order valence-electron chi connectivity index (χ2n) is 11.0. The zero-order valence-corrected chi connectivity index (χ0v) is 22.1. The van der Waals surface area contributed by atoms with E-state index in [0.29, 0.717) is 30.5 Å². The molecule has 3 heterocycles. The summed E-state index contributed by atoms with van der Waals surface area (Å²) in [5.74, 6) is -1.20. The van der Waals surface area contributed by atoms with E-state index in [1.165, 1.54) is 6.07 Å². The number of Topliss-reactive ketones (excluding diaryl/α,β-unsaturated/α-hetero) is 1. The van der Waals surface area contributed by atoms with Crippen molar-refractivity contribution < 1.29 is 23.1 Å². The SMILES string of the molecule is Cc1cc(C2=NCc3ccc(C(=O)C[C@@H]4CCC[C@](O)(Cn5c(C(F)(F)F)nc6ccccc65)C4)cc32)ccn1. The average molecular weight is 547 g/mol. The summed E-state index contributed by atoms with van der Waals surface area (Å²) in [4.78, 5) is 26.2. The Labute approximate surface area is 229 Å². The van der Waals surface area contributed by atoms with E-state index < -0.39 is 17.6 Å². The number of para-hydroxylation sites is 2. The number of aryl methyl sites for hydroxylation is 1. The Morgan fingerprint density at radius 2 is 1.98 bits per heavy atom. The Kier molecular flexibility index (Phi) is 6.57. The Bertz CT molecular complexity index is 1640. The van der Waals surface area contributed by atoms with E-state index in [2.05, 4.69) is 15.0 Å². The van der Waals surface area contributed by atoms with E-state index in [-0.39, 0.29) is 36.6 Å². The highest BCUT2D eigenvalue weighted by molar-refractivity contribution is 6.16. The molecule has 0 spiro atoms. The zero-order chi connectivity index (χ0) is 28.1. The van der Waals surface area contributed by atoms with Gasteiger partial charge in [-0.1, -0.05) is 30.7 Å². The Morgan fingerprint density at radius 3 is 2.77 bits per heavy atom. The molecule has 6 rings (SSSR count). The lowest BCUT2D eigenvalue weighted by Crippen LogP contribution is -2.40. The lowest BCUT2D eigenvalue weighted by Gasteiger charge is -2.37. The average Bonchev–Trinajstić information content (AvgIpc) is 3.50. The second-order valence-corrected chi connectivity index (χ2v) is 11.0. The van der Waals surface area contributed by atoms with Crippen LogP contribution >= 0.6 is 0 Å². The van der Waals surface area contributed by atoms with Crippen molar-refractivity contribution in [2.45, 2.75) is 63.9 Å². The van der Waals surface area contributed by atoms with Crippen LogP contribution in [0.2, 0.25) is 0 Å². The minimum atomic E-state index is -4.65. The molecule has 2 aromatic heterocycles. The third-order valence-corrected chi connectivity index (χ3v) is 8.02. The van der Waals surface area contributed by atoms with Gasteiger partial charge in [0.2, 0.25) is 5.82 Å². The summed E-state index contributed by atoms with van der Waals surface area (Å²) in [5, 5.41) is 11.5. The molecule has 1 saturated carbocycles. The number of nitrogens with zero attached hydrogens (tertiary/aromatic N) is 4. The molecule has 0 saturated heterocycles. The van der Waals surface area contributed by atoms with Gasteiger partial charge in [-0.3, -0.25) is 14.8 Å². The van der Waals surface area contributed by atoms with E-state index in [1.807, 2.05) is 37.3 Å². The number of fused-ring (bicyclic) bond motifs is 2. The number of alkyl halides is 3. The van der Waals surface area contributed by atoms with Crippen LogP contribution in [0.1, 0.15) is 70.7 Å². The second kappa shape index (κ2) is 9.96. The lowest BCUT2D eigenvalue weighted by atomic mass is 9.75. The summed E-state index contributed by atoms with van der Waals surface area (Å²) in [7, 11) is 0. The van der Waals surface area contributed by atoms with Crippen molar-refractivity contribution in [1.82, 2.24) is 14.5 Å². The van der Waals surface area contributed by atoms with Crippen LogP contribution in [0.4, 0.5) is 13.2 Å². The normalized spacial score (nSPS) is 20.9. The fraction of sp³-hybridized carbons (Fsp3) is 0.355. The number of hydrogen-bond donors (Lipinski definition) is 1. The molecule has 2 aromatic carbocycles. The van der Waals surface area contributed by atoms with E-state index in [9.17, 15) is 23.1 Å².